The first-order valence-corrected chi connectivity index (χ1v) is 5.67. The number of carbonyl (C=O) groups is 1. The van der Waals surface area contributed by atoms with Gasteiger partial charge in [0.15, 0.2) is 0 Å². The fourth-order valence-electron chi connectivity index (χ4n) is 1.25. The fourth-order valence-corrected chi connectivity index (χ4v) is 1.25. The van der Waals surface area contributed by atoms with E-state index in [1.54, 1.807) is 0 Å². The highest BCUT2D eigenvalue weighted by atomic mass is 19.4. The van der Waals surface area contributed by atoms with Crippen LogP contribution in [0.25, 0.3) is 0 Å². The molecule has 0 N–H and O–H groups in total. The summed E-state index contributed by atoms with van der Waals surface area (Å²) in [6.07, 6.45) is -7.99. The summed E-state index contributed by atoms with van der Waals surface area (Å²) in [7, 11) is 0. The molecule has 0 saturated heterocycles. The lowest BCUT2D eigenvalue weighted by atomic mass is 9.93. The Balaban J connectivity index is 5.76. The summed E-state index contributed by atoms with van der Waals surface area (Å²) >= 11 is 0. The number of rotatable bonds is 8. The molecule has 0 spiro atoms. The van der Waals surface area contributed by atoms with E-state index in [0.717, 1.165) is 0 Å². The second kappa shape index (κ2) is 6.50. The summed E-state index contributed by atoms with van der Waals surface area (Å²) in [5, 5.41) is 0. The Morgan fingerprint density at radius 1 is 0.833 bits per heavy atom. The average molecular weight is 388 g/mol. The van der Waals surface area contributed by atoms with Crippen LogP contribution in [0.1, 0.15) is 13.3 Å². The molecule has 0 aliphatic rings. The van der Waals surface area contributed by atoms with E-state index in [0.29, 0.717) is 6.92 Å². The standard InChI is InChI=1S/C10H8F12O2/c1-4(23)24-3-2-6(13,14)8(17,18)10(21,22)9(19,20)7(15,16)5(11)12/h5H,2-3H2,1H3. The van der Waals surface area contributed by atoms with Crippen LogP contribution in [0.2, 0.25) is 0 Å². The normalized spacial score (nSPS) is 14.9. The van der Waals surface area contributed by atoms with Crippen LogP contribution >= 0.6 is 0 Å². The molecule has 0 bridgehead atoms. The summed E-state index contributed by atoms with van der Waals surface area (Å²) in [5.74, 6) is -36.7. The number of esters is 1. The Kier molecular flexibility index (Phi) is 6.13. The third kappa shape index (κ3) is 3.50. The Morgan fingerprint density at radius 3 is 1.58 bits per heavy atom. The van der Waals surface area contributed by atoms with Crippen molar-refractivity contribution in [3.63, 3.8) is 0 Å². The molecule has 0 saturated carbocycles. The maximum Gasteiger partial charge on any atom is 0.384 e. The minimum Gasteiger partial charge on any atom is -0.466 e. The molecule has 0 aliphatic heterocycles. The van der Waals surface area contributed by atoms with Crippen LogP contribution in [0.3, 0.4) is 0 Å². The van der Waals surface area contributed by atoms with Crippen molar-refractivity contribution in [1.82, 2.24) is 0 Å². The molecule has 0 aromatic rings. The van der Waals surface area contributed by atoms with Gasteiger partial charge in [0.25, 0.3) is 0 Å². The second-order valence-electron chi connectivity index (χ2n) is 4.44. The van der Waals surface area contributed by atoms with Gasteiger partial charge in [-0.1, -0.05) is 0 Å². The molecule has 0 unspecified atom stereocenters. The molecular formula is C10H8F12O2. The number of halogens is 12. The van der Waals surface area contributed by atoms with E-state index < -0.39 is 55.0 Å². The maximum absolute atomic E-state index is 13.1. The number of hydrogen-bond acceptors (Lipinski definition) is 2. The largest absolute Gasteiger partial charge is 0.466 e. The topological polar surface area (TPSA) is 26.3 Å². The van der Waals surface area contributed by atoms with Crippen molar-refractivity contribution in [3.05, 3.63) is 0 Å². The van der Waals surface area contributed by atoms with E-state index in [9.17, 15) is 57.5 Å². The third-order valence-corrected chi connectivity index (χ3v) is 2.66. The number of carbonyl (C=O) groups excluding carboxylic acids is 1. The zero-order valence-electron chi connectivity index (χ0n) is 11.3. The fraction of sp³-hybridized carbons (Fsp3) is 0.900. The second-order valence-corrected chi connectivity index (χ2v) is 4.44. The first-order chi connectivity index (χ1) is 10.4. The van der Waals surface area contributed by atoms with Gasteiger partial charge in [-0.2, -0.15) is 43.9 Å². The highest BCUT2D eigenvalue weighted by Gasteiger charge is 2.87. The Morgan fingerprint density at radius 2 is 1.25 bits per heavy atom. The van der Waals surface area contributed by atoms with Crippen LogP contribution in [0.15, 0.2) is 0 Å². The predicted octanol–water partition coefficient (Wildman–Crippen LogP) is 4.38. The molecule has 0 aromatic heterocycles. The van der Waals surface area contributed by atoms with Gasteiger partial charge in [0.1, 0.15) is 0 Å². The van der Waals surface area contributed by atoms with Crippen LogP contribution in [0, 0.1) is 0 Å². The van der Waals surface area contributed by atoms with E-state index in [1.807, 2.05) is 0 Å². The van der Waals surface area contributed by atoms with Crippen LogP contribution in [0.5, 0.6) is 0 Å². The van der Waals surface area contributed by atoms with Crippen LogP contribution in [0.4, 0.5) is 52.7 Å². The van der Waals surface area contributed by atoms with Gasteiger partial charge in [0.2, 0.25) is 0 Å². The minimum atomic E-state index is -7.56. The van der Waals surface area contributed by atoms with Crippen molar-refractivity contribution < 1.29 is 62.2 Å². The highest BCUT2D eigenvalue weighted by molar-refractivity contribution is 5.65. The number of ether oxygens (including phenoxy) is 1. The van der Waals surface area contributed by atoms with Gasteiger partial charge in [0.05, 0.1) is 13.0 Å². The van der Waals surface area contributed by atoms with Gasteiger partial charge < -0.3 is 4.74 Å². The Bertz CT molecular complexity index is 459. The van der Waals surface area contributed by atoms with Crippen molar-refractivity contribution >= 4 is 5.97 Å². The molecule has 0 amide bonds. The molecule has 14 heteroatoms. The van der Waals surface area contributed by atoms with Crippen molar-refractivity contribution in [2.24, 2.45) is 0 Å². The van der Waals surface area contributed by atoms with Crippen LogP contribution in [-0.4, -0.2) is 48.6 Å². The SMILES string of the molecule is CC(=O)OCCC(F)(F)C(F)(F)C(F)(F)C(F)(F)C(F)(F)C(F)F. The highest BCUT2D eigenvalue weighted by Crippen LogP contribution is 2.58. The van der Waals surface area contributed by atoms with E-state index in [-0.39, 0.29) is 0 Å². The van der Waals surface area contributed by atoms with E-state index in [2.05, 4.69) is 4.74 Å². The van der Waals surface area contributed by atoms with Gasteiger partial charge >= 0.3 is 42.0 Å². The minimum absolute atomic E-state index is 0.599. The lowest BCUT2D eigenvalue weighted by molar-refractivity contribution is -0.413. The zero-order chi connectivity index (χ0) is 19.8. The quantitative estimate of drug-likeness (QED) is 0.456. The van der Waals surface area contributed by atoms with Gasteiger partial charge in [0, 0.05) is 6.92 Å². The molecule has 24 heavy (non-hydrogen) atoms. The molecular weight excluding hydrogens is 380 g/mol. The van der Waals surface area contributed by atoms with Gasteiger partial charge in [-0.05, 0) is 0 Å². The molecule has 0 radical (unpaired) electrons. The Labute approximate surface area is 125 Å². The molecule has 144 valence electrons. The van der Waals surface area contributed by atoms with Gasteiger partial charge in [-0.25, -0.2) is 8.78 Å². The molecule has 0 heterocycles. The van der Waals surface area contributed by atoms with E-state index in [1.165, 1.54) is 0 Å². The molecule has 0 aromatic carbocycles. The summed E-state index contributed by atoms with van der Waals surface area (Å²) < 4.78 is 156. The van der Waals surface area contributed by atoms with Crippen LogP contribution in [-0.2, 0) is 9.53 Å². The number of alkyl halides is 12. The first-order valence-electron chi connectivity index (χ1n) is 5.67. The summed E-state index contributed by atoms with van der Waals surface area (Å²) in [4.78, 5) is 10.2. The Hall–Kier alpha value is -1.37. The molecule has 2 nitrogen and oxygen atoms in total. The van der Waals surface area contributed by atoms with E-state index in [4.69, 9.17) is 0 Å². The van der Waals surface area contributed by atoms with Crippen molar-refractivity contribution in [3.8, 4) is 0 Å². The molecule has 0 fully saturated rings. The molecule has 0 atom stereocenters. The summed E-state index contributed by atoms with van der Waals surface area (Å²) in [6.45, 7) is -1.05. The van der Waals surface area contributed by atoms with E-state index >= 15 is 0 Å². The average Bonchev–Trinajstić information content (AvgIpc) is 2.36. The van der Waals surface area contributed by atoms with Gasteiger partial charge in [-0.15, -0.1) is 0 Å². The lowest BCUT2D eigenvalue weighted by Crippen LogP contribution is -2.68. The number of hydrogen-bond donors (Lipinski definition) is 0. The zero-order valence-corrected chi connectivity index (χ0v) is 11.3. The monoisotopic (exact) mass is 388 g/mol. The molecule has 0 aliphatic carbocycles. The first kappa shape index (κ1) is 22.6. The van der Waals surface area contributed by atoms with Crippen molar-refractivity contribution in [1.29, 1.82) is 0 Å². The summed E-state index contributed by atoms with van der Waals surface area (Å²) in [5.41, 5.74) is 0. The maximum atomic E-state index is 13.1. The summed E-state index contributed by atoms with van der Waals surface area (Å²) in [6, 6.07) is 0. The van der Waals surface area contributed by atoms with Gasteiger partial charge in [-0.3, -0.25) is 4.79 Å². The van der Waals surface area contributed by atoms with Crippen molar-refractivity contribution in [2.75, 3.05) is 6.61 Å². The molecule has 0 rings (SSSR count). The lowest BCUT2D eigenvalue weighted by Gasteiger charge is -2.39. The van der Waals surface area contributed by atoms with Crippen molar-refractivity contribution in [2.45, 2.75) is 49.4 Å². The predicted molar refractivity (Wildman–Crippen MR) is 52.0 cm³/mol. The smallest absolute Gasteiger partial charge is 0.384 e. The van der Waals surface area contributed by atoms with Crippen LogP contribution < -0.4 is 0 Å². The third-order valence-electron chi connectivity index (χ3n) is 2.66.